The minimum atomic E-state index is -0.541. The fourth-order valence-electron chi connectivity index (χ4n) is 2.88. The number of ketones is 1. The zero-order chi connectivity index (χ0) is 16.4. The molecule has 1 unspecified atom stereocenters. The maximum Gasteiger partial charge on any atom is 0.191 e. The number of fused-ring (bicyclic) bond motifs is 1. The van der Waals surface area contributed by atoms with Crippen molar-refractivity contribution in [3.8, 4) is 0 Å². The second-order valence-electron chi connectivity index (χ2n) is 5.57. The first-order valence-corrected chi connectivity index (χ1v) is 7.79. The highest BCUT2D eigenvalue weighted by Gasteiger charge is 2.26. The molecule has 24 heavy (non-hydrogen) atoms. The summed E-state index contributed by atoms with van der Waals surface area (Å²) in [7, 11) is 0. The van der Waals surface area contributed by atoms with Crippen molar-refractivity contribution >= 4 is 16.8 Å². The number of hydrogen-bond donors (Lipinski definition) is 0. The Hall–Kier alpha value is -3.27. The Morgan fingerprint density at radius 1 is 0.792 bits per heavy atom. The molecule has 0 aliphatic rings. The van der Waals surface area contributed by atoms with E-state index in [2.05, 4.69) is 10.3 Å². The van der Waals surface area contributed by atoms with Crippen molar-refractivity contribution in [3.63, 3.8) is 0 Å². The Balaban J connectivity index is 1.90. The van der Waals surface area contributed by atoms with Gasteiger partial charge in [-0.3, -0.25) is 4.79 Å². The average Bonchev–Trinajstić information content (AvgIpc) is 3.07. The Kier molecular flexibility index (Phi) is 3.63. The van der Waals surface area contributed by atoms with Crippen LogP contribution in [-0.4, -0.2) is 20.8 Å². The van der Waals surface area contributed by atoms with Gasteiger partial charge in [-0.05, 0) is 17.7 Å². The topological polar surface area (TPSA) is 47.8 Å². The minimum Gasteiger partial charge on any atom is -0.291 e. The Labute approximate surface area is 139 Å². The van der Waals surface area contributed by atoms with E-state index in [-0.39, 0.29) is 5.78 Å². The third-order valence-corrected chi connectivity index (χ3v) is 4.04. The standard InChI is InChI=1S/C20H15N3O/c24-20(16-11-5-2-6-12-16)19(15-9-3-1-4-10-15)23-18-14-8-7-13-17(18)21-22-23/h1-14,19H. The number of benzene rings is 3. The lowest BCUT2D eigenvalue weighted by Crippen LogP contribution is -2.22. The molecule has 0 spiro atoms. The monoisotopic (exact) mass is 313 g/mol. The van der Waals surface area contributed by atoms with Gasteiger partial charge in [0.05, 0.1) is 5.52 Å². The number of Topliss-reactive ketones (excluding diaryl/α,β-unsaturated/α-hetero) is 1. The molecule has 0 fully saturated rings. The van der Waals surface area contributed by atoms with Crippen LogP contribution >= 0.6 is 0 Å². The van der Waals surface area contributed by atoms with E-state index in [1.165, 1.54) is 0 Å². The molecule has 3 aromatic carbocycles. The molecule has 1 atom stereocenters. The predicted octanol–water partition coefficient (Wildman–Crippen LogP) is 3.90. The molecule has 116 valence electrons. The highest BCUT2D eigenvalue weighted by atomic mass is 16.1. The zero-order valence-corrected chi connectivity index (χ0v) is 12.9. The van der Waals surface area contributed by atoms with Crippen molar-refractivity contribution in [2.75, 3.05) is 0 Å². The molecule has 1 heterocycles. The first-order chi connectivity index (χ1) is 11.8. The van der Waals surface area contributed by atoms with Crippen LogP contribution in [-0.2, 0) is 0 Å². The molecule has 0 saturated carbocycles. The molecule has 0 radical (unpaired) electrons. The van der Waals surface area contributed by atoms with Gasteiger partial charge in [0.15, 0.2) is 5.78 Å². The molecule has 0 N–H and O–H groups in total. The average molecular weight is 313 g/mol. The molecule has 0 aliphatic heterocycles. The maximum atomic E-state index is 13.2. The third-order valence-electron chi connectivity index (χ3n) is 4.04. The lowest BCUT2D eigenvalue weighted by atomic mass is 9.97. The zero-order valence-electron chi connectivity index (χ0n) is 12.9. The lowest BCUT2D eigenvalue weighted by molar-refractivity contribution is 0.0941. The Morgan fingerprint density at radius 3 is 2.17 bits per heavy atom. The van der Waals surface area contributed by atoms with E-state index in [4.69, 9.17) is 0 Å². The maximum absolute atomic E-state index is 13.2. The van der Waals surface area contributed by atoms with Gasteiger partial charge >= 0.3 is 0 Å². The summed E-state index contributed by atoms with van der Waals surface area (Å²) >= 11 is 0. The van der Waals surface area contributed by atoms with Crippen LogP contribution in [0.5, 0.6) is 0 Å². The van der Waals surface area contributed by atoms with E-state index in [9.17, 15) is 4.79 Å². The fourth-order valence-corrected chi connectivity index (χ4v) is 2.88. The number of para-hydroxylation sites is 1. The smallest absolute Gasteiger partial charge is 0.191 e. The van der Waals surface area contributed by atoms with Crippen molar-refractivity contribution in [1.82, 2.24) is 15.0 Å². The van der Waals surface area contributed by atoms with Crippen LogP contribution in [0.15, 0.2) is 84.9 Å². The number of nitrogens with zero attached hydrogens (tertiary/aromatic N) is 3. The first kappa shape index (κ1) is 14.3. The molecule has 4 nitrogen and oxygen atoms in total. The van der Waals surface area contributed by atoms with Crippen molar-refractivity contribution < 1.29 is 4.79 Å². The van der Waals surface area contributed by atoms with Crippen LogP contribution in [0.25, 0.3) is 11.0 Å². The summed E-state index contributed by atoms with van der Waals surface area (Å²) in [6, 6.07) is 26.1. The van der Waals surface area contributed by atoms with Gasteiger partial charge < -0.3 is 0 Å². The van der Waals surface area contributed by atoms with Crippen LogP contribution in [0, 0.1) is 0 Å². The highest BCUT2D eigenvalue weighted by Crippen LogP contribution is 2.25. The van der Waals surface area contributed by atoms with E-state index in [1.807, 2.05) is 84.9 Å². The summed E-state index contributed by atoms with van der Waals surface area (Å²) in [6.45, 7) is 0. The molecule has 0 bridgehead atoms. The molecule has 0 saturated heterocycles. The molecule has 4 rings (SSSR count). The van der Waals surface area contributed by atoms with Crippen LogP contribution in [0.1, 0.15) is 22.0 Å². The Morgan fingerprint density at radius 2 is 1.42 bits per heavy atom. The SMILES string of the molecule is O=C(c1ccccc1)C(c1ccccc1)n1nnc2ccccc21. The van der Waals surface area contributed by atoms with Gasteiger partial charge in [0, 0.05) is 5.56 Å². The van der Waals surface area contributed by atoms with Gasteiger partial charge in [-0.15, -0.1) is 5.10 Å². The van der Waals surface area contributed by atoms with Gasteiger partial charge in [0.25, 0.3) is 0 Å². The molecular formula is C20H15N3O. The van der Waals surface area contributed by atoms with Gasteiger partial charge in [0.1, 0.15) is 11.6 Å². The predicted molar refractivity (Wildman–Crippen MR) is 92.9 cm³/mol. The molecule has 0 aliphatic carbocycles. The second-order valence-corrected chi connectivity index (χ2v) is 5.57. The quantitative estimate of drug-likeness (QED) is 0.537. The van der Waals surface area contributed by atoms with Gasteiger partial charge in [0.2, 0.25) is 0 Å². The second kappa shape index (κ2) is 6.08. The van der Waals surface area contributed by atoms with Crippen LogP contribution in [0.3, 0.4) is 0 Å². The number of carbonyl (C=O) groups excluding carboxylic acids is 1. The van der Waals surface area contributed by atoms with Crippen LogP contribution in [0.2, 0.25) is 0 Å². The molecule has 4 aromatic rings. The van der Waals surface area contributed by atoms with E-state index in [0.29, 0.717) is 5.56 Å². The van der Waals surface area contributed by atoms with Gasteiger partial charge in [-0.1, -0.05) is 78.0 Å². The minimum absolute atomic E-state index is 0.00236. The first-order valence-electron chi connectivity index (χ1n) is 7.79. The molecule has 1 aromatic heterocycles. The molecular weight excluding hydrogens is 298 g/mol. The lowest BCUT2D eigenvalue weighted by Gasteiger charge is -2.17. The summed E-state index contributed by atoms with van der Waals surface area (Å²) in [5.74, 6) is -0.00236. The largest absolute Gasteiger partial charge is 0.291 e. The molecule has 0 amide bonds. The normalized spacial score (nSPS) is 12.2. The van der Waals surface area contributed by atoms with E-state index < -0.39 is 6.04 Å². The third kappa shape index (κ3) is 2.48. The summed E-state index contributed by atoms with van der Waals surface area (Å²) in [5, 5.41) is 8.47. The van der Waals surface area contributed by atoms with E-state index >= 15 is 0 Å². The van der Waals surface area contributed by atoms with Crippen molar-refractivity contribution in [3.05, 3.63) is 96.1 Å². The molecule has 4 heteroatoms. The number of rotatable bonds is 4. The Bertz CT molecular complexity index is 977. The number of carbonyl (C=O) groups is 1. The summed E-state index contributed by atoms with van der Waals surface area (Å²) in [5.41, 5.74) is 3.17. The number of aromatic nitrogens is 3. The summed E-state index contributed by atoms with van der Waals surface area (Å²) in [4.78, 5) is 13.2. The summed E-state index contributed by atoms with van der Waals surface area (Å²) < 4.78 is 1.71. The van der Waals surface area contributed by atoms with Crippen LogP contribution in [0.4, 0.5) is 0 Å². The number of hydrogen-bond acceptors (Lipinski definition) is 3. The summed E-state index contributed by atoms with van der Waals surface area (Å²) in [6.07, 6.45) is 0. The van der Waals surface area contributed by atoms with Gasteiger partial charge in [-0.2, -0.15) is 0 Å². The van der Waals surface area contributed by atoms with Crippen molar-refractivity contribution in [2.24, 2.45) is 0 Å². The van der Waals surface area contributed by atoms with Crippen molar-refractivity contribution in [1.29, 1.82) is 0 Å². The fraction of sp³-hybridized carbons (Fsp3) is 0.0500. The van der Waals surface area contributed by atoms with Crippen LogP contribution < -0.4 is 0 Å². The van der Waals surface area contributed by atoms with E-state index in [0.717, 1.165) is 16.6 Å². The van der Waals surface area contributed by atoms with Gasteiger partial charge in [-0.25, -0.2) is 4.68 Å². The van der Waals surface area contributed by atoms with Crippen molar-refractivity contribution in [2.45, 2.75) is 6.04 Å². The highest BCUT2D eigenvalue weighted by molar-refractivity contribution is 6.01. The van der Waals surface area contributed by atoms with E-state index in [1.54, 1.807) is 4.68 Å².